The molecule has 1 saturated heterocycles. The number of fused-ring (bicyclic) bond motifs is 1. The average Bonchev–Trinajstić information content (AvgIpc) is 3.32. The molecule has 4 aromatic rings. The van der Waals surface area contributed by atoms with Crippen LogP contribution in [0.5, 0.6) is 0 Å². The third-order valence-electron chi connectivity index (χ3n) is 5.42. The van der Waals surface area contributed by atoms with Crippen molar-refractivity contribution in [1.29, 1.82) is 0 Å². The number of aromatic nitrogens is 5. The predicted octanol–water partition coefficient (Wildman–Crippen LogP) is 3.37. The molecule has 1 N–H and O–H groups in total. The van der Waals surface area contributed by atoms with E-state index in [1.54, 1.807) is 11.1 Å². The summed E-state index contributed by atoms with van der Waals surface area (Å²) in [5.41, 5.74) is 2.36. The van der Waals surface area contributed by atoms with Gasteiger partial charge in [-0.2, -0.15) is 5.10 Å². The van der Waals surface area contributed by atoms with Gasteiger partial charge < -0.3 is 19.2 Å². The summed E-state index contributed by atoms with van der Waals surface area (Å²) in [6, 6.07) is 9.83. The Labute approximate surface area is 184 Å². The zero-order chi connectivity index (χ0) is 22.5. The van der Waals surface area contributed by atoms with E-state index in [0.29, 0.717) is 24.1 Å². The highest BCUT2D eigenvalue weighted by molar-refractivity contribution is 5.94. The van der Waals surface area contributed by atoms with Crippen LogP contribution in [0.1, 0.15) is 26.8 Å². The van der Waals surface area contributed by atoms with Crippen LogP contribution in [0.15, 0.2) is 60.0 Å². The number of hydrogen-bond acceptors (Lipinski definition) is 5. The lowest BCUT2D eigenvalue weighted by Gasteiger charge is -2.39. The highest BCUT2D eigenvalue weighted by Crippen LogP contribution is 2.31. The Kier molecular flexibility index (Phi) is 4.61. The lowest BCUT2D eigenvalue weighted by molar-refractivity contribution is -0.000381. The van der Waals surface area contributed by atoms with Crippen LogP contribution in [0.4, 0.5) is 4.79 Å². The molecule has 0 saturated carbocycles. The maximum Gasteiger partial charge on any atom is 0.410 e. The molecule has 0 bridgehead atoms. The number of likely N-dealkylation sites (tertiary alicyclic amines) is 1. The summed E-state index contributed by atoms with van der Waals surface area (Å²) in [6.07, 6.45) is 6.67. The third-order valence-corrected chi connectivity index (χ3v) is 5.42. The van der Waals surface area contributed by atoms with Crippen molar-refractivity contribution in [1.82, 2.24) is 29.2 Å². The smallest absolute Gasteiger partial charge is 0.410 e. The third kappa shape index (κ3) is 3.55. The molecule has 164 valence electrons. The summed E-state index contributed by atoms with van der Waals surface area (Å²) in [6.45, 7) is 6.62. The van der Waals surface area contributed by atoms with Gasteiger partial charge >= 0.3 is 6.09 Å². The Balaban J connectivity index is 1.44. The van der Waals surface area contributed by atoms with E-state index < -0.39 is 5.60 Å². The lowest BCUT2D eigenvalue weighted by Crippen LogP contribution is -2.52. The fraction of sp³-hybridized carbons (Fsp3) is 0.304. The fourth-order valence-electron chi connectivity index (χ4n) is 3.85. The normalized spacial score (nSPS) is 14.5. The first-order valence-electron chi connectivity index (χ1n) is 10.5. The number of para-hydroxylation sites is 1. The summed E-state index contributed by atoms with van der Waals surface area (Å²) < 4.78 is 9.16. The summed E-state index contributed by atoms with van der Waals surface area (Å²) in [5, 5.41) is 5.01. The Morgan fingerprint density at radius 3 is 2.62 bits per heavy atom. The van der Waals surface area contributed by atoms with Crippen molar-refractivity contribution >= 4 is 17.1 Å². The van der Waals surface area contributed by atoms with Crippen molar-refractivity contribution in [2.75, 3.05) is 13.1 Å². The van der Waals surface area contributed by atoms with Crippen LogP contribution in [0.2, 0.25) is 0 Å². The van der Waals surface area contributed by atoms with E-state index >= 15 is 0 Å². The number of carbonyl (C=O) groups is 1. The van der Waals surface area contributed by atoms with Gasteiger partial charge in [0.1, 0.15) is 5.60 Å². The molecule has 0 aliphatic carbocycles. The summed E-state index contributed by atoms with van der Waals surface area (Å²) in [5.74, 6) is 0. The zero-order valence-electron chi connectivity index (χ0n) is 18.1. The molecule has 1 aromatic carbocycles. The molecule has 0 spiro atoms. The Morgan fingerprint density at radius 2 is 1.91 bits per heavy atom. The van der Waals surface area contributed by atoms with Gasteiger partial charge in [0.05, 0.1) is 24.0 Å². The minimum Gasteiger partial charge on any atom is -0.444 e. The molecule has 4 heterocycles. The van der Waals surface area contributed by atoms with Gasteiger partial charge in [-0.15, -0.1) is 0 Å². The summed E-state index contributed by atoms with van der Waals surface area (Å²) in [7, 11) is 0. The number of hydrogen-bond donors (Lipinski definition) is 1. The molecular formula is C23H24N6O3. The zero-order valence-corrected chi connectivity index (χ0v) is 18.1. The molecular weight excluding hydrogens is 408 g/mol. The van der Waals surface area contributed by atoms with Gasteiger partial charge in [-0.05, 0) is 32.9 Å². The number of aromatic amines is 1. The first-order valence-corrected chi connectivity index (χ1v) is 10.5. The van der Waals surface area contributed by atoms with Crippen molar-refractivity contribution < 1.29 is 9.53 Å². The van der Waals surface area contributed by atoms with Crippen LogP contribution in [0.3, 0.4) is 0 Å². The molecule has 1 fully saturated rings. The number of nitrogens with one attached hydrogen (secondary N) is 1. The van der Waals surface area contributed by atoms with Crippen molar-refractivity contribution in [3.8, 4) is 16.8 Å². The van der Waals surface area contributed by atoms with E-state index in [-0.39, 0.29) is 17.7 Å². The molecule has 9 nitrogen and oxygen atoms in total. The lowest BCUT2D eigenvalue weighted by atomic mass is 10.1. The SMILES string of the molecule is CC(C)(C)OC(=O)N1CC(n2cc(-c3cn(-c4ccccc4)c4nc[nH]c(=O)c34)cn2)C1. The monoisotopic (exact) mass is 432 g/mol. The summed E-state index contributed by atoms with van der Waals surface area (Å²) in [4.78, 5) is 33.6. The molecule has 0 atom stereocenters. The van der Waals surface area contributed by atoms with E-state index in [1.807, 2.05) is 72.7 Å². The number of nitrogens with zero attached hydrogens (tertiary/aromatic N) is 5. The summed E-state index contributed by atoms with van der Waals surface area (Å²) >= 11 is 0. The van der Waals surface area contributed by atoms with Crippen molar-refractivity contribution in [2.45, 2.75) is 32.4 Å². The molecule has 1 aliphatic heterocycles. The molecule has 9 heteroatoms. The molecule has 32 heavy (non-hydrogen) atoms. The largest absolute Gasteiger partial charge is 0.444 e. The topological polar surface area (TPSA) is 98.0 Å². The van der Waals surface area contributed by atoms with Crippen LogP contribution in [0.25, 0.3) is 27.8 Å². The van der Waals surface area contributed by atoms with Crippen LogP contribution < -0.4 is 5.56 Å². The second-order valence-corrected chi connectivity index (χ2v) is 8.93. The number of rotatable bonds is 3. The van der Waals surface area contributed by atoms with Gasteiger partial charge in [0.2, 0.25) is 0 Å². The van der Waals surface area contributed by atoms with E-state index in [2.05, 4.69) is 15.1 Å². The van der Waals surface area contributed by atoms with Gasteiger partial charge in [-0.1, -0.05) is 18.2 Å². The first-order chi connectivity index (χ1) is 15.3. The minimum absolute atomic E-state index is 0.0650. The molecule has 0 radical (unpaired) electrons. The van der Waals surface area contributed by atoms with Gasteiger partial charge in [-0.3, -0.25) is 9.48 Å². The standard InChI is InChI=1S/C23H24N6O3/c1-23(2,3)32-22(31)27-11-17(12-27)29-10-15(9-26-29)18-13-28(16-7-5-4-6-8-16)20-19(18)21(30)25-14-24-20/h4-10,13-14,17H,11-12H2,1-3H3,(H,24,25,30). The van der Waals surface area contributed by atoms with Crippen molar-refractivity contribution in [2.24, 2.45) is 0 Å². The Bertz CT molecular complexity index is 1340. The fourth-order valence-corrected chi connectivity index (χ4v) is 3.85. The van der Waals surface area contributed by atoms with Crippen molar-refractivity contribution in [3.63, 3.8) is 0 Å². The average molecular weight is 432 g/mol. The van der Waals surface area contributed by atoms with Gasteiger partial charge in [-0.25, -0.2) is 9.78 Å². The number of amides is 1. The highest BCUT2D eigenvalue weighted by atomic mass is 16.6. The van der Waals surface area contributed by atoms with E-state index in [0.717, 1.165) is 16.8 Å². The number of H-pyrrole nitrogens is 1. The Morgan fingerprint density at radius 1 is 1.16 bits per heavy atom. The maximum absolute atomic E-state index is 12.7. The van der Waals surface area contributed by atoms with Gasteiger partial charge in [0, 0.05) is 42.3 Å². The molecule has 1 amide bonds. The van der Waals surface area contributed by atoms with Crippen LogP contribution >= 0.6 is 0 Å². The first kappa shape index (κ1) is 20.0. The molecule has 5 rings (SSSR count). The van der Waals surface area contributed by atoms with Gasteiger partial charge in [0.15, 0.2) is 5.65 Å². The van der Waals surface area contributed by atoms with E-state index in [4.69, 9.17) is 4.74 Å². The van der Waals surface area contributed by atoms with Crippen molar-refractivity contribution in [3.05, 3.63) is 65.6 Å². The van der Waals surface area contributed by atoms with E-state index in [9.17, 15) is 9.59 Å². The number of ether oxygens (including phenoxy) is 1. The van der Waals surface area contributed by atoms with E-state index in [1.165, 1.54) is 6.33 Å². The predicted molar refractivity (Wildman–Crippen MR) is 120 cm³/mol. The highest BCUT2D eigenvalue weighted by Gasteiger charge is 2.35. The maximum atomic E-state index is 12.7. The second kappa shape index (κ2) is 7.37. The second-order valence-electron chi connectivity index (χ2n) is 8.93. The minimum atomic E-state index is -0.519. The molecule has 1 aliphatic rings. The quantitative estimate of drug-likeness (QED) is 0.535. The van der Waals surface area contributed by atoms with Crippen LogP contribution in [0, 0.1) is 0 Å². The number of carbonyl (C=O) groups excluding carboxylic acids is 1. The molecule has 3 aromatic heterocycles. The molecule has 0 unspecified atom stereocenters. The van der Waals surface area contributed by atoms with Crippen LogP contribution in [-0.4, -0.2) is 54.0 Å². The van der Waals surface area contributed by atoms with Gasteiger partial charge in [0.25, 0.3) is 5.56 Å². The number of benzene rings is 1. The Hall–Kier alpha value is -3.88. The van der Waals surface area contributed by atoms with Crippen LogP contribution in [-0.2, 0) is 4.74 Å².